The highest BCUT2D eigenvalue weighted by molar-refractivity contribution is 6.06. The lowest BCUT2D eigenvalue weighted by atomic mass is 10.1. The average Bonchev–Trinajstić information content (AvgIpc) is 2.72. The van der Waals surface area contributed by atoms with Crippen molar-refractivity contribution in [3.05, 3.63) is 30.0 Å². The number of benzene rings is 1. The third-order valence-electron chi connectivity index (χ3n) is 2.97. The third kappa shape index (κ3) is 2.29. The monoisotopic (exact) mass is 274 g/mol. The molecular weight excluding hydrogens is 260 g/mol. The first kappa shape index (κ1) is 12.5. The fourth-order valence-corrected chi connectivity index (χ4v) is 1.96. The van der Waals surface area contributed by atoms with Crippen molar-refractivity contribution in [2.24, 2.45) is 7.05 Å². The molecule has 0 saturated heterocycles. The number of nitrogens with one attached hydrogen (secondary N) is 1. The largest absolute Gasteiger partial charge is 0.490 e. The lowest BCUT2D eigenvalue weighted by Crippen LogP contribution is -2.16. The Morgan fingerprint density at radius 2 is 2.20 bits per heavy atom. The first-order valence-electron chi connectivity index (χ1n) is 6.30. The lowest BCUT2D eigenvalue weighted by molar-refractivity contribution is 0.102. The summed E-state index contributed by atoms with van der Waals surface area (Å²) in [6, 6.07) is 5.26. The Labute approximate surface area is 115 Å². The smallest absolute Gasteiger partial charge is 0.260 e. The van der Waals surface area contributed by atoms with Crippen LogP contribution in [0.25, 0.3) is 0 Å². The Balaban J connectivity index is 1.90. The molecule has 1 amide bonds. The van der Waals surface area contributed by atoms with Gasteiger partial charge in [-0.3, -0.25) is 4.79 Å². The van der Waals surface area contributed by atoms with Crippen LogP contribution in [0.15, 0.2) is 24.4 Å². The van der Waals surface area contributed by atoms with Gasteiger partial charge in [0, 0.05) is 13.5 Å². The van der Waals surface area contributed by atoms with Crippen molar-refractivity contribution >= 4 is 11.7 Å². The van der Waals surface area contributed by atoms with Gasteiger partial charge in [-0.1, -0.05) is 11.3 Å². The summed E-state index contributed by atoms with van der Waals surface area (Å²) in [5, 5.41) is 10.2. The highest BCUT2D eigenvalue weighted by Crippen LogP contribution is 2.33. The molecule has 0 saturated carbocycles. The molecule has 0 aliphatic carbocycles. The van der Waals surface area contributed by atoms with Crippen LogP contribution in [-0.4, -0.2) is 34.1 Å². The molecule has 0 spiro atoms. The van der Waals surface area contributed by atoms with Crippen LogP contribution in [0.1, 0.15) is 16.8 Å². The Kier molecular flexibility index (Phi) is 3.24. The number of rotatable bonds is 2. The third-order valence-corrected chi connectivity index (χ3v) is 2.97. The number of amides is 1. The van der Waals surface area contributed by atoms with Gasteiger partial charge in [0.25, 0.3) is 5.91 Å². The highest BCUT2D eigenvalue weighted by atomic mass is 16.5. The number of aromatic nitrogens is 3. The predicted molar refractivity (Wildman–Crippen MR) is 71.0 cm³/mol. The van der Waals surface area contributed by atoms with E-state index in [2.05, 4.69) is 15.6 Å². The standard InChI is InChI=1S/C13H14N4O3/c1-17-11(8-14-16-17)15-13(18)9-4-2-5-10-12(9)20-7-3-6-19-10/h2,4-5,8H,3,6-7H2,1H3,(H,15,18). The summed E-state index contributed by atoms with van der Waals surface area (Å²) in [7, 11) is 1.70. The van der Waals surface area contributed by atoms with Gasteiger partial charge in [0.15, 0.2) is 17.3 Å². The number of nitrogens with zero attached hydrogens (tertiary/aromatic N) is 3. The van der Waals surface area contributed by atoms with Crippen molar-refractivity contribution < 1.29 is 14.3 Å². The van der Waals surface area contributed by atoms with E-state index in [0.29, 0.717) is 36.1 Å². The number of ether oxygens (including phenoxy) is 2. The van der Waals surface area contributed by atoms with Crippen molar-refractivity contribution in [1.82, 2.24) is 15.0 Å². The lowest BCUT2D eigenvalue weighted by Gasteiger charge is -2.12. The highest BCUT2D eigenvalue weighted by Gasteiger charge is 2.20. The maximum atomic E-state index is 12.3. The summed E-state index contributed by atoms with van der Waals surface area (Å²) in [6.07, 6.45) is 2.28. The fourth-order valence-electron chi connectivity index (χ4n) is 1.96. The maximum Gasteiger partial charge on any atom is 0.260 e. The zero-order chi connectivity index (χ0) is 13.9. The second-order valence-electron chi connectivity index (χ2n) is 4.38. The van der Waals surface area contributed by atoms with Crippen molar-refractivity contribution in [2.75, 3.05) is 18.5 Å². The molecule has 0 fully saturated rings. The minimum Gasteiger partial charge on any atom is -0.490 e. The normalized spacial score (nSPS) is 13.7. The van der Waals surface area contributed by atoms with Gasteiger partial charge in [-0.25, -0.2) is 4.68 Å². The van der Waals surface area contributed by atoms with Crippen LogP contribution in [0.3, 0.4) is 0 Å². The quantitative estimate of drug-likeness (QED) is 0.891. The Hall–Kier alpha value is -2.57. The van der Waals surface area contributed by atoms with E-state index in [-0.39, 0.29) is 5.91 Å². The van der Waals surface area contributed by atoms with Gasteiger partial charge >= 0.3 is 0 Å². The second kappa shape index (κ2) is 5.20. The summed E-state index contributed by atoms with van der Waals surface area (Å²) in [6.45, 7) is 1.12. The topological polar surface area (TPSA) is 78.3 Å². The van der Waals surface area contributed by atoms with Crippen molar-refractivity contribution in [3.63, 3.8) is 0 Å². The van der Waals surface area contributed by atoms with E-state index in [1.54, 1.807) is 25.2 Å². The number of hydrogen-bond donors (Lipinski definition) is 1. The van der Waals surface area contributed by atoms with Gasteiger partial charge in [-0.15, -0.1) is 5.10 Å². The summed E-state index contributed by atoms with van der Waals surface area (Å²) in [5.41, 5.74) is 0.436. The van der Waals surface area contributed by atoms with Crippen molar-refractivity contribution in [2.45, 2.75) is 6.42 Å². The van der Waals surface area contributed by atoms with Crippen LogP contribution in [0.4, 0.5) is 5.82 Å². The average molecular weight is 274 g/mol. The molecule has 1 aromatic heterocycles. The van der Waals surface area contributed by atoms with Crippen LogP contribution in [0.2, 0.25) is 0 Å². The van der Waals surface area contributed by atoms with Crippen molar-refractivity contribution in [3.8, 4) is 11.5 Å². The molecule has 1 aliphatic rings. The molecule has 7 nitrogen and oxygen atoms in total. The van der Waals surface area contributed by atoms with E-state index < -0.39 is 0 Å². The van der Waals surface area contributed by atoms with Crippen LogP contribution in [0, 0.1) is 0 Å². The van der Waals surface area contributed by atoms with Crippen molar-refractivity contribution in [1.29, 1.82) is 0 Å². The number of carbonyl (C=O) groups is 1. The zero-order valence-electron chi connectivity index (χ0n) is 11.0. The van der Waals surface area contributed by atoms with Crippen LogP contribution >= 0.6 is 0 Å². The molecule has 2 aromatic rings. The molecule has 20 heavy (non-hydrogen) atoms. The number of hydrogen-bond acceptors (Lipinski definition) is 5. The first-order valence-corrected chi connectivity index (χ1v) is 6.30. The van der Waals surface area contributed by atoms with Gasteiger partial charge < -0.3 is 14.8 Å². The summed E-state index contributed by atoms with van der Waals surface area (Å²) in [5.74, 6) is 1.32. The molecule has 1 aliphatic heterocycles. The van der Waals surface area contributed by atoms with E-state index in [1.165, 1.54) is 10.9 Å². The molecular formula is C13H14N4O3. The van der Waals surface area contributed by atoms with Gasteiger partial charge in [0.1, 0.15) is 0 Å². The number of anilines is 1. The molecule has 2 heterocycles. The molecule has 3 rings (SSSR count). The number of fused-ring (bicyclic) bond motifs is 1. The molecule has 1 aromatic carbocycles. The molecule has 0 bridgehead atoms. The molecule has 104 valence electrons. The second-order valence-corrected chi connectivity index (χ2v) is 4.38. The van der Waals surface area contributed by atoms with Crippen LogP contribution < -0.4 is 14.8 Å². The van der Waals surface area contributed by atoms with E-state index in [0.717, 1.165) is 6.42 Å². The molecule has 1 N–H and O–H groups in total. The van der Waals surface area contributed by atoms with Crippen LogP contribution in [0.5, 0.6) is 11.5 Å². The minimum absolute atomic E-state index is 0.280. The first-order chi connectivity index (χ1) is 9.75. The number of carbonyl (C=O) groups excluding carboxylic acids is 1. The molecule has 0 unspecified atom stereocenters. The van der Waals surface area contributed by atoms with Gasteiger partial charge in [-0.2, -0.15) is 0 Å². The number of aryl methyl sites for hydroxylation is 1. The van der Waals surface area contributed by atoms with E-state index in [1.807, 2.05) is 0 Å². The Morgan fingerprint density at radius 1 is 1.35 bits per heavy atom. The Morgan fingerprint density at radius 3 is 3.00 bits per heavy atom. The van der Waals surface area contributed by atoms with E-state index >= 15 is 0 Å². The maximum absolute atomic E-state index is 12.3. The summed E-state index contributed by atoms with van der Waals surface area (Å²) < 4.78 is 12.7. The van der Waals surface area contributed by atoms with E-state index in [4.69, 9.17) is 9.47 Å². The van der Waals surface area contributed by atoms with Gasteiger partial charge in [-0.05, 0) is 12.1 Å². The number of para-hydroxylation sites is 1. The van der Waals surface area contributed by atoms with Gasteiger partial charge in [0.05, 0.1) is 25.0 Å². The minimum atomic E-state index is -0.280. The van der Waals surface area contributed by atoms with E-state index in [9.17, 15) is 4.79 Å². The molecule has 0 atom stereocenters. The molecule has 7 heteroatoms. The fraction of sp³-hybridized carbons (Fsp3) is 0.308. The zero-order valence-corrected chi connectivity index (χ0v) is 11.0. The van der Waals surface area contributed by atoms with Gasteiger partial charge in [0.2, 0.25) is 0 Å². The SMILES string of the molecule is Cn1nncc1NC(=O)c1cccc2c1OCCCO2. The molecule has 0 radical (unpaired) electrons. The predicted octanol–water partition coefficient (Wildman–Crippen LogP) is 1.23. The van der Waals surface area contributed by atoms with Crippen LogP contribution in [-0.2, 0) is 7.05 Å². The Bertz CT molecular complexity index is 638. The summed E-state index contributed by atoms with van der Waals surface area (Å²) >= 11 is 0. The summed E-state index contributed by atoms with van der Waals surface area (Å²) in [4.78, 5) is 12.3.